The molecule has 16 heavy (non-hydrogen) atoms. The number of rotatable bonds is 3. The molecule has 0 aliphatic carbocycles. The van der Waals surface area contributed by atoms with Gasteiger partial charge in [-0.3, -0.25) is 0 Å². The lowest BCUT2D eigenvalue weighted by molar-refractivity contribution is 0.0526. The lowest BCUT2D eigenvalue weighted by Crippen LogP contribution is -2.04. The van der Waals surface area contributed by atoms with Crippen LogP contribution in [0.25, 0.3) is 0 Å². The summed E-state index contributed by atoms with van der Waals surface area (Å²) in [5.41, 5.74) is 1.25. The Labute approximate surface area is 95.1 Å². The zero-order chi connectivity index (χ0) is 11.8. The number of hydrogen-bond acceptors (Lipinski definition) is 3. The summed E-state index contributed by atoms with van der Waals surface area (Å²) in [6.07, 6.45) is 0.434. The quantitative estimate of drug-likeness (QED) is 0.619. The fraction of sp³-hybridized carbons (Fsp3) is 0.308. The summed E-state index contributed by atoms with van der Waals surface area (Å²) in [7, 11) is 0. The molecular weight excluding hydrogens is 204 g/mol. The van der Waals surface area contributed by atoms with Crippen LogP contribution in [-0.4, -0.2) is 24.3 Å². The Morgan fingerprint density at radius 2 is 2.31 bits per heavy atom. The summed E-state index contributed by atoms with van der Waals surface area (Å²) < 4.78 is 4.88. The molecule has 3 nitrogen and oxygen atoms in total. The van der Waals surface area contributed by atoms with Crippen LogP contribution in [0.4, 0.5) is 0 Å². The molecule has 0 spiro atoms. The SMILES string of the molecule is CCOC(=O)c1cccc(C#CCCO)c1. The zero-order valence-electron chi connectivity index (χ0n) is 9.19. The number of ether oxygens (including phenoxy) is 1. The van der Waals surface area contributed by atoms with Gasteiger partial charge in [0, 0.05) is 12.0 Å². The van der Waals surface area contributed by atoms with Crippen molar-refractivity contribution in [1.82, 2.24) is 0 Å². The molecule has 0 amide bonds. The maximum absolute atomic E-state index is 11.4. The summed E-state index contributed by atoms with van der Waals surface area (Å²) in [6, 6.07) is 6.94. The molecule has 0 fully saturated rings. The van der Waals surface area contributed by atoms with Gasteiger partial charge >= 0.3 is 5.97 Å². The van der Waals surface area contributed by atoms with E-state index < -0.39 is 0 Å². The van der Waals surface area contributed by atoms with E-state index >= 15 is 0 Å². The predicted molar refractivity (Wildman–Crippen MR) is 61.0 cm³/mol. The maximum atomic E-state index is 11.4. The van der Waals surface area contributed by atoms with Crippen LogP contribution < -0.4 is 0 Å². The van der Waals surface area contributed by atoms with Crippen LogP contribution in [0, 0.1) is 11.8 Å². The van der Waals surface area contributed by atoms with Crippen LogP contribution >= 0.6 is 0 Å². The smallest absolute Gasteiger partial charge is 0.338 e. The third-order valence-electron chi connectivity index (χ3n) is 1.84. The minimum absolute atomic E-state index is 0.0462. The fourth-order valence-electron chi connectivity index (χ4n) is 1.16. The number of aliphatic hydroxyl groups excluding tert-OH is 1. The molecule has 0 aromatic heterocycles. The predicted octanol–water partition coefficient (Wildman–Crippen LogP) is 1.60. The van der Waals surface area contributed by atoms with E-state index in [9.17, 15) is 4.79 Å². The second-order valence-corrected chi connectivity index (χ2v) is 3.08. The average molecular weight is 218 g/mol. The highest BCUT2D eigenvalue weighted by Crippen LogP contribution is 2.05. The molecule has 1 aromatic rings. The first-order valence-corrected chi connectivity index (χ1v) is 5.15. The fourth-order valence-corrected chi connectivity index (χ4v) is 1.16. The van der Waals surface area contributed by atoms with Crippen LogP contribution in [-0.2, 0) is 4.74 Å². The Balaban J connectivity index is 2.79. The number of esters is 1. The van der Waals surface area contributed by atoms with Crippen molar-refractivity contribution >= 4 is 5.97 Å². The maximum Gasteiger partial charge on any atom is 0.338 e. The third kappa shape index (κ3) is 3.76. The monoisotopic (exact) mass is 218 g/mol. The molecule has 0 saturated carbocycles. The van der Waals surface area contributed by atoms with Crippen molar-refractivity contribution in [2.24, 2.45) is 0 Å². The number of carbonyl (C=O) groups is 1. The van der Waals surface area contributed by atoms with Gasteiger partial charge in [-0.05, 0) is 25.1 Å². The van der Waals surface area contributed by atoms with Crippen molar-refractivity contribution in [3.8, 4) is 11.8 Å². The Kier molecular flexibility index (Phi) is 5.10. The lowest BCUT2D eigenvalue weighted by atomic mass is 10.1. The van der Waals surface area contributed by atoms with E-state index in [0.717, 1.165) is 5.56 Å². The van der Waals surface area contributed by atoms with Gasteiger partial charge in [-0.15, -0.1) is 0 Å². The second-order valence-electron chi connectivity index (χ2n) is 3.08. The number of hydrogen-bond donors (Lipinski definition) is 1. The van der Waals surface area contributed by atoms with Crippen LogP contribution in [0.5, 0.6) is 0 Å². The first-order valence-electron chi connectivity index (χ1n) is 5.15. The lowest BCUT2D eigenvalue weighted by Gasteiger charge is -2.01. The topological polar surface area (TPSA) is 46.5 Å². The molecule has 0 saturated heterocycles. The first kappa shape index (κ1) is 12.3. The molecular formula is C13H14O3. The van der Waals surface area contributed by atoms with Gasteiger partial charge in [0.1, 0.15) is 0 Å². The van der Waals surface area contributed by atoms with Crippen LogP contribution in [0.3, 0.4) is 0 Å². The van der Waals surface area contributed by atoms with Crippen molar-refractivity contribution in [3.63, 3.8) is 0 Å². The molecule has 84 valence electrons. The molecule has 3 heteroatoms. The number of carbonyl (C=O) groups excluding carboxylic acids is 1. The molecule has 0 bridgehead atoms. The van der Waals surface area contributed by atoms with Gasteiger partial charge in [0.05, 0.1) is 18.8 Å². The van der Waals surface area contributed by atoms with Gasteiger partial charge in [0.15, 0.2) is 0 Å². The van der Waals surface area contributed by atoms with E-state index in [-0.39, 0.29) is 12.6 Å². The van der Waals surface area contributed by atoms with Crippen molar-refractivity contribution in [2.75, 3.05) is 13.2 Å². The standard InChI is InChI=1S/C13H14O3/c1-2-16-13(15)12-8-5-7-11(10-12)6-3-4-9-14/h5,7-8,10,14H,2,4,9H2,1H3. The summed E-state index contributed by atoms with van der Waals surface area (Å²) in [5.74, 6) is 5.32. The second kappa shape index (κ2) is 6.65. The Morgan fingerprint density at radius 3 is 3.00 bits per heavy atom. The van der Waals surface area contributed by atoms with Crippen molar-refractivity contribution in [3.05, 3.63) is 35.4 Å². The highest BCUT2D eigenvalue weighted by molar-refractivity contribution is 5.89. The van der Waals surface area contributed by atoms with E-state index in [0.29, 0.717) is 18.6 Å². The van der Waals surface area contributed by atoms with Crippen molar-refractivity contribution in [2.45, 2.75) is 13.3 Å². The van der Waals surface area contributed by atoms with Crippen LogP contribution in [0.1, 0.15) is 29.3 Å². The Morgan fingerprint density at radius 1 is 1.50 bits per heavy atom. The summed E-state index contributed by atoms with van der Waals surface area (Å²) in [5, 5.41) is 8.58. The highest BCUT2D eigenvalue weighted by Gasteiger charge is 2.05. The van der Waals surface area contributed by atoms with Gasteiger partial charge in [-0.25, -0.2) is 4.79 Å². The zero-order valence-corrected chi connectivity index (χ0v) is 9.19. The van der Waals surface area contributed by atoms with E-state index in [2.05, 4.69) is 11.8 Å². The van der Waals surface area contributed by atoms with Gasteiger partial charge < -0.3 is 9.84 Å². The Hall–Kier alpha value is -1.79. The van der Waals surface area contributed by atoms with E-state index in [4.69, 9.17) is 9.84 Å². The minimum Gasteiger partial charge on any atom is -0.462 e. The number of aliphatic hydroxyl groups is 1. The molecule has 1 rings (SSSR count). The van der Waals surface area contributed by atoms with Gasteiger partial charge in [0.25, 0.3) is 0 Å². The van der Waals surface area contributed by atoms with Crippen LogP contribution in [0.15, 0.2) is 24.3 Å². The van der Waals surface area contributed by atoms with E-state index in [1.54, 1.807) is 25.1 Å². The molecule has 0 radical (unpaired) electrons. The minimum atomic E-state index is -0.340. The van der Waals surface area contributed by atoms with E-state index in [1.165, 1.54) is 0 Å². The van der Waals surface area contributed by atoms with Gasteiger partial charge in [-0.1, -0.05) is 17.9 Å². The normalized spacial score (nSPS) is 9.12. The Bertz CT molecular complexity index is 413. The summed E-state index contributed by atoms with van der Waals surface area (Å²) in [6.45, 7) is 2.17. The molecule has 0 aliphatic rings. The molecule has 0 atom stereocenters. The first-order chi connectivity index (χ1) is 7.77. The molecule has 0 aliphatic heterocycles. The van der Waals surface area contributed by atoms with E-state index in [1.807, 2.05) is 6.07 Å². The molecule has 0 unspecified atom stereocenters. The number of benzene rings is 1. The molecule has 0 heterocycles. The largest absolute Gasteiger partial charge is 0.462 e. The van der Waals surface area contributed by atoms with Gasteiger partial charge in [-0.2, -0.15) is 0 Å². The molecule has 1 N–H and O–H groups in total. The van der Waals surface area contributed by atoms with Crippen molar-refractivity contribution in [1.29, 1.82) is 0 Å². The molecule has 1 aromatic carbocycles. The summed E-state index contributed by atoms with van der Waals surface area (Å²) in [4.78, 5) is 11.4. The highest BCUT2D eigenvalue weighted by atomic mass is 16.5. The third-order valence-corrected chi connectivity index (χ3v) is 1.84. The van der Waals surface area contributed by atoms with Crippen molar-refractivity contribution < 1.29 is 14.6 Å². The average Bonchev–Trinajstić information content (AvgIpc) is 2.30. The van der Waals surface area contributed by atoms with Gasteiger partial charge in [0.2, 0.25) is 0 Å². The summed E-state index contributed by atoms with van der Waals surface area (Å²) >= 11 is 0. The van der Waals surface area contributed by atoms with Crippen LogP contribution in [0.2, 0.25) is 0 Å².